The van der Waals surface area contributed by atoms with Gasteiger partial charge in [-0.2, -0.15) is 0 Å². The lowest BCUT2D eigenvalue weighted by Gasteiger charge is -2.23. The summed E-state index contributed by atoms with van der Waals surface area (Å²) in [7, 11) is 1.53. The molecule has 16 heavy (non-hydrogen) atoms. The predicted molar refractivity (Wildman–Crippen MR) is 60.1 cm³/mol. The number of carbonyl (C=O) groups is 2. The standard InChI is InChI=1S/C9H16N2O4S/c1-15-3-2-6(10)8(12)11-5-16-4-7(11)9(13)14/h6-7H,2-5,10H2,1H3,(H,13,14). The fourth-order valence-electron chi connectivity index (χ4n) is 1.45. The predicted octanol–water partition coefficient (Wildman–Crippen LogP) is -0.664. The van der Waals surface area contributed by atoms with E-state index in [4.69, 9.17) is 15.6 Å². The molecule has 1 fully saturated rings. The quantitative estimate of drug-likeness (QED) is 0.670. The number of thioether (sulfide) groups is 1. The Bertz CT molecular complexity index is 274. The van der Waals surface area contributed by atoms with Gasteiger partial charge < -0.3 is 20.5 Å². The van der Waals surface area contributed by atoms with Crippen LogP contribution in [0.1, 0.15) is 6.42 Å². The van der Waals surface area contributed by atoms with Crippen LogP contribution in [0.2, 0.25) is 0 Å². The molecule has 1 amide bonds. The summed E-state index contributed by atoms with van der Waals surface area (Å²) < 4.78 is 4.83. The number of hydrogen-bond donors (Lipinski definition) is 2. The maximum absolute atomic E-state index is 11.8. The molecule has 0 aromatic heterocycles. The van der Waals surface area contributed by atoms with Crippen molar-refractivity contribution in [2.45, 2.75) is 18.5 Å². The van der Waals surface area contributed by atoms with Crippen molar-refractivity contribution < 1.29 is 19.4 Å². The molecule has 0 saturated carbocycles. The van der Waals surface area contributed by atoms with E-state index in [2.05, 4.69) is 0 Å². The highest BCUT2D eigenvalue weighted by molar-refractivity contribution is 7.99. The van der Waals surface area contributed by atoms with Crippen LogP contribution >= 0.6 is 11.8 Å². The van der Waals surface area contributed by atoms with E-state index in [1.54, 1.807) is 0 Å². The summed E-state index contributed by atoms with van der Waals surface area (Å²) in [5.74, 6) is -0.457. The Morgan fingerprint density at radius 1 is 1.69 bits per heavy atom. The maximum Gasteiger partial charge on any atom is 0.327 e. The van der Waals surface area contributed by atoms with Gasteiger partial charge in [-0.15, -0.1) is 11.8 Å². The number of aliphatic carboxylic acids is 1. The normalized spacial score (nSPS) is 22.1. The van der Waals surface area contributed by atoms with Crippen LogP contribution < -0.4 is 5.73 Å². The zero-order chi connectivity index (χ0) is 12.1. The molecule has 3 N–H and O–H groups in total. The fourth-order valence-corrected chi connectivity index (χ4v) is 2.60. The van der Waals surface area contributed by atoms with Gasteiger partial charge >= 0.3 is 5.97 Å². The Kier molecular flexibility index (Phi) is 5.04. The number of hydrogen-bond acceptors (Lipinski definition) is 5. The van der Waals surface area contributed by atoms with Gasteiger partial charge in [0, 0.05) is 19.5 Å². The molecule has 0 aliphatic carbocycles. The largest absolute Gasteiger partial charge is 0.480 e. The first kappa shape index (κ1) is 13.3. The molecule has 1 saturated heterocycles. The Morgan fingerprint density at radius 2 is 2.38 bits per heavy atom. The van der Waals surface area contributed by atoms with Crippen LogP contribution in [-0.4, -0.2) is 59.3 Å². The van der Waals surface area contributed by atoms with Crippen LogP contribution in [-0.2, 0) is 14.3 Å². The number of nitrogens with zero attached hydrogens (tertiary/aromatic N) is 1. The van der Waals surface area contributed by atoms with Gasteiger partial charge in [-0.1, -0.05) is 0 Å². The summed E-state index contributed by atoms with van der Waals surface area (Å²) >= 11 is 1.43. The second-order valence-corrected chi connectivity index (χ2v) is 4.55. The van der Waals surface area contributed by atoms with Gasteiger partial charge in [0.2, 0.25) is 5.91 Å². The van der Waals surface area contributed by atoms with Crippen molar-refractivity contribution in [3.8, 4) is 0 Å². The molecule has 1 aliphatic heterocycles. The molecule has 2 unspecified atom stereocenters. The number of ether oxygens (including phenoxy) is 1. The number of nitrogens with two attached hydrogens (primary N) is 1. The Hall–Kier alpha value is -0.790. The number of carbonyl (C=O) groups excluding carboxylic acids is 1. The van der Waals surface area contributed by atoms with E-state index in [-0.39, 0.29) is 5.91 Å². The lowest BCUT2D eigenvalue weighted by atomic mass is 10.2. The van der Waals surface area contributed by atoms with Gasteiger partial charge in [-0.05, 0) is 6.42 Å². The molecule has 0 spiro atoms. The third-order valence-electron chi connectivity index (χ3n) is 2.40. The summed E-state index contributed by atoms with van der Waals surface area (Å²) in [6.45, 7) is 0.394. The second-order valence-electron chi connectivity index (χ2n) is 3.55. The van der Waals surface area contributed by atoms with Crippen LogP contribution in [0, 0.1) is 0 Å². The molecular formula is C9H16N2O4S. The van der Waals surface area contributed by atoms with E-state index in [0.717, 1.165) is 0 Å². The molecule has 6 nitrogen and oxygen atoms in total. The SMILES string of the molecule is COCCC(N)C(=O)N1CSCC1C(=O)O. The minimum absolute atomic E-state index is 0.311. The Morgan fingerprint density at radius 3 is 2.94 bits per heavy atom. The molecule has 2 atom stereocenters. The van der Waals surface area contributed by atoms with Gasteiger partial charge in [0.05, 0.1) is 11.9 Å². The van der Waals surface area contributed by atoms with Crippen LogP contribution in [0.25, 0.3) is 0 Å². The fraction of sp³-hybridized carbons (Fsp3) is 0.778. The average molecular weight is 248 g/mol. The summed E-state index contributed by atoms with van der Waals surface area (Å²) in [4.78, 5) is 24.0. The van der Waals surface area contributed by atoms with Crippen molar-refractivity contribution >= 4 is 23.6 Å². The number of methoxy groups -OCH3 is 1. The van der Waals surface area contributed by atoms with Gasteiger partial charge in [-0.3, -0.25) is 4.79 Å². The topological polar surface area (TPSA) is 92.9 Å². The maximum atomic E-state index is 11.8. The molecule has 0 aromatic carbocycles. The van der Waals surface area contributed by atoms with Crippen LogP contribution in [0.15, 0.2) is 0 Å². The Balaban J connectivity index is 2.55. The summed E-state index contributed by atoms with van der Waals surface area (Å²) in [5, 5.41) is 8.92. The summed E-state index contributed by atoms with van der Waals surface area (Å²) in [6, 6.07) is -1.42. The van der Waals surface area contributed by atoms with Gasteiger partial charge in [0.25, 0.3) is 0 Å². The first-order valence-corrected chi connectivity index (χ1v) is 6.09. The minimum atomic E-state index is -0.975. The molecule has 0 aromatic rings. The summed E-state index contributed by atoms with van der Waals surface area (Å²) in [6.07, 6.45) is 0.406. The number of rotatable bonds is 5. The monoisotopic (exact) mass is 248 g/mol. The molecule has 7 heteroatoms. The Labute approximate surface area is 98.1 Å². The van der Waals surface area contributed by atoms with Crippen molar-refractivity contribution in [3.63, 3.8) is 0 Å². The zero-order valence-electron chi connectivity index (χ0n) is 9.09. The van der Waals surface area contributed by atoms with Crippen LogP contribution in [0.5, 0.6) is 0 Å². The molecule has 1 rings (SSSR count). The van der Waals surface area contributed by atoms with Crippen molar-refractivity contribution in [2.24, 2.45) is 5.73 Å². The highest BCUT2D eigenvalue weighted by atomic mass is 32.2. The van der Waals surface area contributed by atoms with Gasteiger partial charge in [0.1, 0.15) is 6.04 Å². The van der Waals surface area contributed by atoms with Gasteiger partial charge in [-0.25, -0.2) is 4.79 Å². The first-order chi connectivity index (χ1) is 7.57. The minimum Gasteiger partial charge on any atom is -0.480 e. The molecular weight excluding hydrogens is 232 g/mol. The third-order valence-corrected chi connectivity index (χ3v) is 3.41. The van der Waals surface area contributed by atoms with Crippen LogP contribution in [0.3, 0.4) is 0 Å². The molecule has 92 valence electrons. The highest BCUT2D eigenvalue weighted by Gasteiger charge is 2.36. The van der Waals surface area contributed by atoms with Crippen molar-refractivity contribution in [1.29, 1.82) is 0 Å². The number of carboxylic acids is 1. The van der Waals surface area contributed by atoms with Gasteiger partial charge in [0.15, 0.2) is 0 Å². The first-order valence-electron chi connectivity index (χ1n) is 4.93. The van der Waals surface area contributed by atoms with Crippen molar-refractivity contribution in [1.82, 2.24) is 4.90 Å². The highest BCUT2D eigenvalue weighted by Crippen LogP contribution is 2.21. The average Bonchev–Trinajstić information content (AvgIpc) is 2.73. The number of carboxylic acid groups (broad SMARTS) is 1. The van der Waals surface area contributed by atoms with Crippen molar-refractivity contribution in [3.05, 3.63) is 0 Å². The van der Waals surface area contributed by atoms with Crippen LogP contribution in [0.4, 0.5) is 0 Å². The lowest BCUT2D eigenvalue weighted by Crippen LogP contribution is -2.49. The second kappa shape index (κ2) is 6.07. The zero-order valence-corrected chi connectivity index (χ0v) is 9.90. The molecule has 0 bridgehead atoms. The van der Waals surface area contributed by atoms with E-state index >= 15 is 0 Å². The van der Waals surface area contributed by atoms with E-state index in [1.165, 1.54) is 23.8 Å². The smallest absolute Gasteiger partial charge is 0.327 e. The van der Waals surface area contributed by atoms with E-state index < -0.39 is 18.1 Å². The summed E-state index contributed by atoms with van der Waals surface area (Å²) in [5.41, 5.74) is 5.67. The van der Waals surface area contributed by atoms with E-state index in [1.807, 2.05) is 0 Å². The number of amides is 1. The van der Waals surface area contributed by atoms with E-state index in [9.17, 15) is 9.59 Å². The lowest BCUT2D eigenvalue weighted by molar-refractivity contribution is -0.148. The molecule has 1 aliphatic rings. The third kappa shape index (κ3) is 3.10. The van der Waals surface area contributed by atoms with E-state index in [0.29, 0.717) is 24.7 Å². The molecule has 0 radical (unpaired) electrons. The van der Waals surface area contributed by atoms with Crippen molar-refractivity contribution in [2.75, 3.05) is 25.3 Å². The molecule has 1 heterocycles.